The summed E-state index contributed by atoms with van der Waals surface area (Å²) in [5, 5.41) is 10.3. The molecule has 1 unspecified atom stereocenters. The van der Waals surface area contributed by atoms with E-state index < -0.39 is 0 Å². The highest BCUT2D eigenvalue weighted by Gasteiger charge is 2.23. The van der Waals surface area contributed by atoms with Gasteiger partial charge >= 0.3 is 0 Å². The Morgan fingerprint density at radius 1 is 1.35 bits per heavy atom. The van der Waals surface area contributed by atoms with Crippen molar-refractivity contribution >= 4 is 28.9 Å². The van der Waals surface area contributed by atoms with Gasteiger partial charge in [0, 0.05) is 37.6 Å². The van der Waals surface area contributed by atoms with Gasteiger partial charge in [0.1, 0.15) is 5.82 Å². The van der Waals surface area contributed by atoms with E-state index >= 15 is 0 Å². The minimum atomic E-state index is 0.0651. The first-order valence-electron chi connectivity index (χ1n) is 8.37. The van der Waals surface area contributed by atoms with Gasteiger partial charge in [-0.2, -0.15) is 0 Å². The number of nitrogens with two attached hydrogens (primary N) is 1. The maximum absolute atomic E-state index is 8.20. The zero-order valence-corrected chi connectivity index (χ0v) is 14.3. The minimum Gasteiger partial charge on any atom is -0.383 e. The quantitative estimate of drug-likeness (QED) is 0.827. The Morgan fingerprint density at radius 3 is 2.65 bits per heavy atom. The lowest BCUT2D eigenvalue weighted by Crippen LogP contribution is -2.45. The average molecular weight is 314 g/mol. The number of nitrogen functional groups attached to an aromatic ring is 1. The van der Waals surface area contributed by atoms with Crippen LogP contribution in [0.15, 0.2) is 0 Å². The topological polar surface area (TPSA) is 75.2 Å². The molecule has 0 bridgehead atoms. The van der Waals surface area contributed by atoms with Crippen LogP contribution in [0, 0.1) is 5.41 Å². The van der Waals surface area contributed by atoms with E-state index in [2.05, 4.69) is 22.9 Å². The summed E-state index contributed by atoms with van der Waals surface area (Å²) in [6.07, 6.45) is 6.71. The number of nitrogens with zero attached hydrogens (tertiary/aromatic N) is 2. The molecule has 1 aliphatic carbocycles. The molecular weight excluding hydrogens is 288 g/mol. The van der Waals surface area contributed by atoms with Gasteiger partial charge in [-0.25, -0.2) is 4.98 Å². The van der Waals surface area contributed by atoms with Gasteiger partial charge in [-0.3, -0.25) is 0 Å². The number of aromatic nitrogens is 1. The molecule has 0 spiro atoms. The van der Waals surface area contributed by atoms with Gasteiger partial charge in [-0.1, -0.05) is 0 Å². The molecule has 5 heteroatoms. The van der Waals surface area contributed by atoms with E-state index in [1.807, 2.05) is 0 Å². The largest absolute Gasteiger partial charge is 0.383 e. The van der Waals surface area contributed by atoms with E-state index in [0.717, 1.165) is 41.3 Å². The highest BCUT2D eigenvalue weighted by molar-refractivity contribution is 6.05. The van der Waals surface area contributed by atoms with Crippen molar-refractivity contribution in [2.45, 2.75) is 45.6 Å². The molecule has 5 nitrogen and oxygen atoms in total. The van der Waals surface area contributed by atoms with Crippen LogP contribution in [0.3, 0.4) is 0 Å². The Bertz CT molecular complexity index is 747. The molecule has 1 atom stereocenters. The van der Waals surface area contributed by atoms with E-state index in [9.17, 15) is 0 Å². The third kappa shape index (κ3) is 2.85. The first kappa shape index (κ1) is 16.0. The van der Waals surface area contributed by atoms with E-state index in [1.54, 1.807) is 14.0 Å². The molecule has 1 fully saturated rings. The van der Waals surface area contributed by atoms with Gasteiger partial charge in [0.05, 0.1) is 22.7 Å². The summed E-state index contributed by atoms with van der Waals surface area (Å²) >= 11 is 0. The van der Waals surface area contributed by atoms with Crippen molar-refractivity contribution in [1.82, 2.24) is 4.98 Å². The van der Waals surface area contributed by atoms with Crippen LogP contribution >= 0.6 is 0 Å². The zero-order chi connectivity index (χ0) is 16.6. The van der Waals surface area contributed by atoms with Crippen molar-refractivity contribution < 1.29 is 4.74 Å². The average Bonchev–Trinajstić information content (AvgIpc) is 2.54. The third-order valence-corrected chi connectivity index (χ3v) is 4.85. The van der Waals surface area contributed by atoms with Gasteiger partial charge < -0.3 is 20.8 Å². The first-order valence-corrected chi connectivity index (χ1v) is 8.37. The minimum absolute atomic E-state index is 0.0651. The Morgan fingerprint density at radius 2 is 2.04 bits per heavy atom. The molecule has 2 aliphatic rings. The molecule has 1 aromatic rings. The third-order valence-electron chi connectivity index (χ3n) is 4.85. The fourth-order valence-electron chi connectivity index (χ4n) is 3.70. The molecule has 23 heavy (non-hydrogen) atoms. The summed E-state index contributed by atoms with van der Waals surface area (Å²) in [6.45, 7) is 5.92. The van der Waals surface area contributed by atoms with Crippen molar-refractivity contribution in [3.05, 3.63) is 16.1 Å². The predicted molar refractivity (Wildman–Crippen MR) is 95.4 cm³/mol. The normalized spacial score (nSPS) is 20.9. The zero-order valence-electron chi connectivity index (χ0n) is 14.3. The summed E-state index contributed by atoms with van der Waals surface area (Å²) in [7, 11) is 1.74. The van der Waals surface area contributed by atoms with Gasteiger partial charge in [-0.15, -0.1) is 0 Å². The lowest BCUT2D eigenvalue weighted by Gasteiger charge is -2.32. The van der Waals surface area contributed by atoms with E-state index in [-0.39, 0.29) is 6.10 Å². The van der Waals surface area contributed by atoms with Gasteiger partial charge in [0.2, 0.25) is 0 Å². The van der Waals surface area contributed by atoms with Crippen LogP contribution in [0.2, 0.25) is 0 Å². The maximum Gasteiger partial charge on any atom is 0.135 e. The molecule has 124 valence electrons. The van der Waals surface area contributed by atoms with Crippen LogP contribution in [0.4, 0.5) is 11.5 Å². The number of ether oxygens (including phenoxy) is 1. The number of hydrogen-bond acceptors (Lipinski definition) is 5. The molecule has 3 N–H and O–H groups in total. The lowest BCUT2D eigenvalue weighted by molar-refractivity contribution is 0.155. The summed E-state index contributed by atoms with van der Waals surface area (Å²) in [5.74, 6) is 0.473. The van der Waals surface area contributed by atoms with Gasteiger partial charge in [-0.05, 0) is 44.8 Å². The monoisotopic (exact) mass is 314 g/mol. The Labute approximate surface area is 137 Å². The van der Waals surface area contributed by atoms with Crippen LogP contribution in [0.25, 0.3) is 11.6 Å². The van der Waals surface area contributed by atoms with Crippen molar-refractivity contribution in [2.24, 2.45) is 0 Å². The number of nitrogens with one attached hydrogen (secondary N) is 1. The predicted octanol–water partition coefficient (Wildman–Crippen LogP) is 1.41. The number of piperidine rings is 1. The molecule has 0 aromatic carbocycles. The second-order valence-electron chi connectivity index (χ2n) is 6.58. The lowest BCUT2D eigenvalue weighted by atomic mass is 9.96. The van der Waals surface area contributed by atoms with Crippen LogP contribution in [0.1, 0.15) is 45.1 Å². The van der Waals surface area contributed by atoms with E-state index in [1.165, 1.54) is 24.8 Å². The van der Waals surface area contributed by atoms with E-state index in [4.69, 9.17) is 15.9 Å². The molecular formula is C18H26N4O. The second-order valence-corrected chi connectivity index (χ2v) is 6.58. The maximum atomic E-state index is 8.20. The van der Waals surface area contributed by atoms with Crippen molar-refractivity contribution in [3.8, 4) is 0 Å². The fourth-order valence-corrected chi connectivity index (χ4v) is 3.70. The Kier molecular flexibility index (Phi) is 4.39. The van der Waals surface area contributed by atoms with Crippen LogP contribution in [0.5, 0.6) is 0 Å². The van der Waals surface area contributed by atoms with Crippen LogP contribution < -0.4 is 21.2 Å². The molecule has 0 saturated carbocycles. The fraction of sp³-hybridized carbons (Fsp3) is 0.556. The summed E-state index contributed by atoms with van der Waals surface area (Å²) < 4.78 is 5.58. The summed E-state index contributed by atoms with van der Waals surface area (Å²) in [4.78, 5) is 7.01. The van der Waals surface area contributed by atoms with E-state index in [0.29, 0.717) is 11.5 Å². The molecule has 1 saturated heterocycles. The van der Waals surface area contributed by atoms with Gasteiger partial charge in [0.25, 0.3) is 0 Å². The second kappa shape index (κ2) is 6.32. The standard InChI is InChI=1S/C18H26N4O/c1-11-9-13(23-3)10-14-16(11)21-18(20)15(12(2)19)17(14)22-7-5-4-6-8-22/h10,13,19H,4-9H2,1-3H3,(H2,20,21). The van der Waals surface area contributed by atoms with Crippen molar-refractivity contribution in [2.75, 3.05) is 30.8 Å². The molecule has 1 aromatic heterocycles. The number of fused-ring (bicyclic) bond motifs is 1. The summed E-state index contributed by atoms with van der Waals surface area (Å²) in [6, 6.07) is 0. The van der Waals surface area contributed by atoms with Crippen LogP contribution in [-0.2, 0) is 4.74 Å². The molecule has 1 aliphatic heterocycles. The SMILES string of the molecule is COC1C=c2c(N3CCCCC3)c(C(C)=N)c(N)nc2=C(C)C1. The molecule has 3 rings (SSSR count). The number of methoxy groups -OCH3 is 1. The smallest absolute Gasteiger partial charge is 0.135 e. The Hall–Kier alpha value is -1.88. The number of pyridine rings is 1. The first-order chi connectivity index (χ1) is 11.0. The molecule has 2 heterocycles. The number of hydrogen-bond donors (Lipinski definition) is 2. The summed E-state index contributed by atoms with van der Waals surface area (Å²) in [5.41, 5.74) is 9.79. The molecule has 0 radical (unpaired) electrons. The number of rotatable bonds is 3. The number of anilines is 2. The highest BCUT2D eigenvalue weighted by atomic mass is 16.5. The Balaban J connectivity index is 2.34. The van der Waals surface area contributed by atoms with Gasteiger partial charge in [0.15, 0.2) is 0 Å². The van der Waals surface area contributed by atoms with Crippen LogP contribution in [-0.4, -0.2) is 37.0 Å². The highest BCUT2D eigenvalue weighted by Crippen LogP contribution is 2.25. The van der Waals surface area contributed by atoms with Crippen molar-refractivity contribution in [1.29, 1.82) is 5.41 Å². The molecule has 0 amide bonds. The van der Waals surface area contributed by atoms with Crippen molar-refractivity contribution in [3.63, 3.8) is 0 Å².